The van der Waals surface area contributed by atoms with Gasteiger partial charge in [0, 0.05) is 26.1 Å². The summed E-state index contributed by atoms with van der Waals surface area (Å²) in [6.45, 7) is 5.76. The van der Waals surface area contributed by atoms with Crippen molar-refractivity contribution in [3.63, 3.8) is 0 Å². The lowest BCUT2D eigenvalue weighted by molar-refractivity contribution is -0.301. The van der Waals surface area contributed by atoms with Crippen molar-refractivity contribution in [2.75, 3.05) is 12.8 Å². The summed E-state index contributed by atoms with van der Waals surface area (Å²) >= 11 is 1.63. The topological polar surface area (TPSA) is 55.0 Å². The van der Waals surface area contributed by atoms with Crippen molar-refractivity contribution in [2.45, 2.75) is 37.1 Å². The van der Waals surface area contributed by atoms with Crippen LogP contribution in [0.5, 0.6) is 0 Å². The first-order valence-electron chi connectivity index (χ1n) is 8.42. The maximum atomic E-state index is 12.5. The van der Waals surface area contributed by atoms with Gasteiger partial charge in [0.1, 0.15) is 16.5 Å². The van der Waals surface area contributed by atoms with E-state index in [1.165, 1.54) is 5.01 Å². The van der Waals surface area contributed by atoms with Crippen LogP contribution in [0.4, 0.5) is 13.2 Å². The minimum Gasteiger partial charge on any atom is -0.404 e. The second-order valence-electron chi connectivity index (χ2n) is 6.18. The van der Waals surface area contributed by atoms with E-state index in [0.717, 1.165) is 41.7 Å². The maximum absolute atomic E-state index is 12.5. The van der Waals surface area contributed by atoms with Crippen LogP contribution in [0.15, 0.2) is 39.2 Å². The van der Waals surface area contributed by atoms with E-state index in [0.29, 0.717) is 17.4 Å². The van der Waals surface area contributed by atoms with Crippen molar-refractivity contribution in [1.29, 1.82) is 0 Å². The highest BCUT2D eigenvalue weighted by molar-refractivity contribution is 7.99. The van der Waals surface area contributed by atoms with E-state index in [9.17, 15) is 13.2 Å². The average Bonchev–Trinajstić information content (AvgIpc) is 3.35. The molecule has 0 saturated heterocycles. The first kappa shape index (κ1) is 19.5. The van der Waals surface area contributed by atoms with E-state index in [4.69, 9.17) is 4.98 Å². The van der Waals surface area contributed by atoms with Gasteiger partial charge in [0.25, 0.3) is 0 Å². The van der Waals surface area contributed by atoms with Crippen LogP contribution in [0.25, 0.3) is 0 Å². The fraction of sp³-hybridized carbons (Fsp3) is 0.471. The zero-order valence-electron chi connectivity index (χ0n) is 15.2. The molecule has 10 heteroatoms. The molecule has 0 radical (unpaired) electrons. The Morgan fingerprint density at radius 2 is 2.04 bits per heavy atom. The number of hydrogen-bond acceptors (Lipinski definition) is 6. The minimum absolute atomic E-state index is 0.119. The van der Waals surface area contributed by atoms with Gasteiger partial charge in [-0.15, -0.1) is 24.9 Å². The highest BCUT2D eigenvalue weighted by Crippen LogP contribution is 2.41. The van der Waals surface area contributed by atoms with Crippen LogP contribution < -0.4 is 0 Å². The Balaban J connectivity index is 2.01. The highest BCUT2D eigenvalue weighted by Gasteiger charge is 2.33. The lowest BCUT2D eigenvalue weighted by Crippen LogP contribution is -2.25. The number of amidine groups is 1. The predicted molar refractivity (Wildman–Crippen MR) is 98.7 cm³/mol. The monoisotopic (exact) mass is 399 g/mol. The molecule has 6 nitrogen and oxygen atoms in total. The molecule has 1 aliphatic carbocycles. The molecule has 0 atom stereocenters. The van der Waals surface area contributed by atoms with Crippen molar-refractivity contribution >= 4 is 23.8 Å². The van der Waals surface area contributed by atoms with Gasteiger partial charge in [-0.05, 0) is 18.6 Å². The summed E-state index contributed by atoms with van der Waals surface area (Å²) in [6.07, 6.45) is -0.511. The number of alkyl halides is 3. The number of rotatable bonds is 5. The summed E-state index contributed by atoms with van der Waals surface area (Å²) in [5.74, 6) is 2.23. The average molecular weight is 399 g/mol. The van der Waals surface area contributed by atoms with E-state index in [2.05, 4.69) is 26.0 Å². The number of hydrazone groups is 1. The molecule has 0 spiro atoms. The normalized spacial score (nSPS) is 21.3. The Hall–Kier alpha value is -2.23. The molecule has 1 fully saturated rings. The molecule has 3 rings (SSSR count). The molecular formula is C17H20F3N5OS. The van der Waals surface area contributed by atoms with Crippen LogP contribution in [-0.2, 0) is 11.8 Å². The van der Waals surface area contributed by atoms with Crippen LogP contribution in [0.1, 0.15) is 37.2 Å². The largest absolute Gasteiger partial charge is 0.573 e. The molecule has 146 valence electrons. The van der Waals surface area contributed by atoms with Gasteiger partial charge in [0.2, 0.25) is 0 Å². The van der Waals surface area contributed by atoms with Crippen LogP contribution in [0.3, 0.4) is 0 Å². The molecule has 2 aliphatic rings. The third-order valence-corrected chi connectivity index (χ3v) is 5.00. The first-order chi connectivity index (χ1) is 12.7. The number of aliphatic imine (C=N–C) groups is 1. The van der Waals surface area contributed by atoms with E-state index in [1.807, 2.05) is 14.0 Å². The standard InChI is InChI=1S/C17H20F3N5OS/c1-5-27-16-13(23-14(24(16)3)11-6-7-11)15-22-10(2)8-12(9-21-25(15)4)26-17(18,19)20/h8-9,11H,2,5-7H2,1,3-4H3/b12-8+,21-9-,22-15?. The van der Waals surface area contributed by atoms with Crippen LogP contribution in [0, 0.1) is 0 Å². The molecule has 1 aliphatic heterocycles. The smallest absolute Gasteiger partial charge is 0.404 e. The van der Waals surface area contributed by atoms with Crippen LogP contribution in [0.2, 0.25) is 0 Å². The van der Waals surface area contributed by atoms with Crippen molar-refractivity contribution in [1.82, 2.24) is 14.6 Å². The molecule has 0 aromatic carbocycles. The molecule has 1 aromatic heterocycles. The molecule has 1 saturated carbocycles. The number of ether oxygens (including phenoxy) is 1. The lowest BCUT2D eigenvalue weighted by Gasteiger charge is -2.18. The van der Waals surface area contributed by atoms with E-state index < -0.39 is 12.1 Å². The molecule has 0 bridgehead atoms. The van der Waals surface area contributed by atoms with Gasteiger partial charge >= 0.3 is 6.36 Å². The zero-order chi connectivity index (χ0) is 19.8. The number of imidazole rings is 1. The molecule has 0 amide bonds. The summed E-state index contributed by atoms with van der Waals surface area (Å²) in [6, 6.07) is 0. The summed E-state index contributed by atoms with van der Waals surface area (Å²) in [7, 11) is 3.57. The maximum Gasteiger partial charge on any atom is 0.573 e. The van der Waals surface area contributed by atoms with E-state index in [1.54, 1.807) is 18.8 Å². The molecule has 0 unspecified atom stereocenters. The fourth-order valence-corrected chi connectivity index (χ4v) is 3.52. The van der Waals surface area contributed by atoms with Crippen LogP contribution >= 0.6 is 11.8 Å². The molecule has 1 aromatic rings. The number of allylic oxidation sites excluding steroid dienone is 2. The summed E-state index contributed by atoms with van der Waals surface area (Å²) in [5, 5.41) is 6.36. The van der Waals surface area contributed by atoms with Gasteiger partial charge in [-0.2, -0.15) is 5.10 Å². The van der Waals surface area contributed by atoms with Gasteiger partial charge < -0.3 is 9.30 Å². The van der Waals surface area contributed by atoms with Gasteiger partial charge in [-0.25, -0.2) is 15.0 Å². The van der Waals surface area contributed by atoms with Gasteiger partial charge in [-0.3, -0.25) is 0 Å². The second-order valence-corrected chi connectivity index (χ2v) is 7.43. The van der Waals surface area contributed by atoms with Crippen molar-refractivity contribution in [2.24, 2.45) is 17.1 Å². The quantitative estimate of drug-likeness (QED) is 0.702. The van der Waals surface area contributed by atoms with Crippen molar-refractivity contribution in [3.05, 3.63) is 35.6 Å². The Labute approximate surface area is 159 Å². The predicted octanol–water partition coefficient (Wildman–Crippen LogP) is 4.02. The Morgan fingerprint density at radius 3 is 2.63 bits per heavy atom. The number of aromatic nitrogens is 2. The Morgan fingerprint density at radius 1 is 1.33 bits per heavy atom. The van der Waals surface area contributed by atoms with E-state index >= 15 is 0 Å². The van der Waals surface area contributed by atoms with Gasteiger partial charge in [0.05, 0.1) is 11.9 Å². The van der Waals surface area contributed by atoms with Gasteiger partial charge in [-0.1, -0.05) is 13.5 Å². The van der Waals surface area contributed by atoms with Crippen LogP contribution in [-0.4, -0.2) is 45.8 Å². The Bertz CT molecular complexity index is 836. The second kappa shape index (κ2) is 7.41. The highest BCUT2D eigenvalue weighted by atomic mass is 32.2. The summed E-state index contributed by atoms with van der Waals surface area (Å²) in [4.78, 5) is 9.14. The van der Waals surface area contributed by atoms with Crippen molar-refractivity contribution < 1.29 is 17.9 Å². The van der Waals surface area contributed by atoms with Gasteiger partial charge in [0.15, 0.2) is 11.6 Å². The minimum atomic E-state index is -4.81. The summed E-state index contributed by atoms with van der Waals surface area (Å²) in [5.41, 5.74) is 0.772. The lowest BCUT2D eigenvalue weighted by atomic mass is 10.3. The number of hydrogen-bond donors (Lipinski definition) is 0. The number of halogens is 3. The van der Waals surface area contributed by atoms with E-state index in [-0.39, 0.29) is 5.70 Å². The Kier molecular flexibility index (Phi) is 5.36. The molecule has 0 N–H and O–H groups in total. The first-order valence-corrected chi connectivity index (χ1v) is 9.40. The summed E-state index contributed by atoms with van der Waals surface area (Å²) < 4.78 is 43.5. The SMILES string of the molecule is C=C1/C=C(OC(F)(F)F)\C=N/N(C)C(c2nc(C3CC3)n(C)c2SCC)=N1. The third-order valence-electron chi connectivity index (χ3n) is 3.97. The third kappa shape index (κ3) is 4.55. The fourth-order valence-electron chi connectivity index (χ4n) is 2.69. The molecule has 2 heterocycles. The number of nitrogens with zero attached hydrogens (tertiary/aromatic N) is 5. The zero-order valence-corrected chi connectivity index (χ0v) is 16.1. The number of thioether (sulfide) groups is 1. The molecule has 27 heavy (non-hydrogen) atoms. The van der Waals surface area contributed by atoms with Crippen molar-refractivity contribution in [3.8, 4) is 0 Å². The molecular weight excluding hydrogens is 379 g/mol.